The Kier molecular flexibility index (Phi) is 7.90. The first-order valence-corrected chi connectivity index (χ1v) is 8.53. The summed E-state index contributed by atoms with van der Waals surface area (Å²) >= 11 is 0. The van der Waals surface area contributed by atoms with Gasteiger partial charge in [0.15, 0.2) is 0 Å². The van der Waals surface area contributed by atoms with Gasteiger partial charge in [-0.05, 0) is 39.2 Å². The highest BCUT2D eigenvalue weighted by Crippen LogP contribution is 2.24. The summed E-state index contributed by atoms with van der Waals surface area (Å²) in [6, 6.07) is 9.33. The SMILES string of the molecule is CC(C)[C@H](NC(=O)OC(C)(C)C)O[C@@H](c1ccccc1)[C@@H](C)NC=O. The molecule has 1 rings (SSSR count). The molecule has 0 unspecified atom stereocenters. The molecule has 0 aliphatic rings. The van der Waals surface area contributed by atoms with E-state index in [1.54, 1.807) is 20.8 Å². The molecule has 1 aromatic carbocycles. The maximum Gasteiger partial charge on any atom is 0.409 e. The van der Waals surface area contributed by atoms with Crippen LogP contribution in [-0.4, -0.2) is 30.4 Å². The van der Waals surface area contributed by atoms with Crippen LogP contribution in [0.15, 0.2) is 30.3 Å². The number of hydrogen-bond donors (Lipinski definition) is 2. The molecule has 0 fully saturated rings. The minimum absolute atomic E-state index is 0.0159. The van der Waals surface area contributed by atoms with Gasteiger partial charge in [-0.1, -0.05) is 44.2 Å². The van der Waals surface area contributed by atoms with E-state index in [0.717, 1.165) is 5.56 Å². The van der Waals surface area contributed by atoms with E-state index in [2.05, 4.69) is 10.6 Å². The Balaban J connectivity index is 2.93. The third-order valence-corrected chi connectivity index (χ3v) is 3.47. The van der Waals surface area contributed by atoms with Crippen LogP contribution in [-0.2, 0) is 14.3 Å². The number of nitrogens with one attached hydrogen (secondary N) is 2. The first-order chi connectivity index (χ1) is 11.6. The molecule has 0 aromatic heterocycles. The summed E-state index contributed by atoms with van der Waals surface area (Å²) in [6.07, 6.45) is -0.853. The molecular weight excluding hydrogens is 320 g/mol. The van der Waals surface area contributed by atoms with Crippen molar-refractivity contribution in [3.05, 3.63) is 35.9 Å². The Hall–Kier alpha value is -2.08. The number of carbonyl (C=O) groups excluding carboxylic acids is 2. The third kappa shape index (κ3) is 7.56. The van der Waals surface area contributed by atoms with Crippen molar-refractivity contribution >= 4 is 12.5 Å². The second-order valence-corrected chi connectivity index (χ2v) is 7.35. The van der Waals surface area contributed by atoms with E-state index < -0.39 is 24.0 Å². The minimum atomic E-state index is -0.586. The molecule has 0 spiro atoms. The summed E-state index contributed by atoms with van der Waals surface area (Å²) in [4.78, 5) is 23.0. The molecule has 6 heteroatoms. The molecule has 140 valence electrons. The maximum absolute atomic E-state index is 12.1. The Bertz CT molecular complexity index is 540. The zero-order chi connectivity index (χ0) is 19.0. The number of alkyl carbamates (subject to hydrolysis) is 1. The molecule has 0 radical (unpaired) electrons. The fourth-order valence-electron chi connectivity index (χ4n) is 2.26. The largest absolute Gasteiger partial charge is 0.444 e. The van der Waals surface area contributed by atoms with Crippen molar-refractivity contribution < 1.29 is 19.1 Å². The van der Waals surface area contributed by atoms with Crippen molar-refractivity contribution in [2.45, 2.75) is 65.5 Å². The van der Waals surface area contributed by atoms with Gasteiger partial charge < -0.3 is 14.8 Å². The second kappa shape index (κ2) is 9.42. The fraction of sp³-hybridized carbons (Fsp3) is 0.579. The molecule has 2 amide bonds. The van der Waals surface area contributed by atoms with Gasteiger partial charge in [-0.15, -0.1) is 0 Å². The topological polar surface area (TPSA) is 76.7 Å². The van der Waals surface area contributed by atoms with Gasteiger partial charge in [0.2, 0.25) is 6.41 Å². The second-order valence-electron chi connectivity index (χ2n) is 7.35. The molecule has 6 nitrogen and oxygen atoms in total. The Labute approximate surface area is 150 Å². The third-order valence-electron chi connectivity index (χ3n) is 3.47. The van der Waals surface area contributed by atoms with Gasteiger partial charge in [-0.2, -0.15) is 0 Å². The van der Waals surface area contributed by atoms with Crippen LogP contribution in [0, 0.1) is 5.92 Å². The fourth-order valence-corrected chi connectivity index (χ4v) is 2.26. The molecular formula is C19H30N2O4. The van der Waals surface area contributed by atoms with E-state index in [1.807, 2.05) is 51.1 Å². The number of amides is 2. The summed E-state index contributed by atoms with van der Waals surface area (Å²) in [5.41, 5.74) is 0.331. The monoisotopic (exact) mass is 350 g/mol. The van der Waals surface area contributed by atoms with Crippen molar-refractivity contribution in [1.82, 2.24) is 10.6 Å². The molecule has 0 saturated heterocycles. The molecule has 0 heterocycles. The molecule has 0 bridgehead atoms. The Morgan fingerprint density at radius 3 is 2.20 bits per heavy atom. The smallest absolute Gasteiger partial charge is 0.409 e. The summed E-state index contributed by atoms with van der Waals surface area (Å²) in [7, 11) is 0. The van der Waals surface area contributed by atoms with Crippen LogP contribution < -0.4 is 10.6 Å². The zero-order valence-corrected chi connectivity index (χ0v) is 15.9. The molecule has 1 aromatic rings. The summed E-state index contributed by atoms with van der Waals surface area (Å²) in [5.74, 6) is 0.0159. The lowest BCUT2D eigenvalue weighted by Gasteiger charge is -2.32. The molecule has 3 atom stereocenters. The summed E-state index contributed by atoms with van der Waals surface area (Å²) in [5, 5.41) is 5.50. The predicted octanol–water partition coefficient (Wildman–Crippen LogP) is 3.39. The molecule has 25 heavy (non-hydrogen) atoms. The minimum Gasteiger partial charge on any atom is -0.444 e. The van der Waals surface area contributed by atoms with Crippen molar-refractivity contribution in [2.75, 3.05) is 0 Å². The number of carbonyl (C=O) groups is 2. The van der Waals surface area contributed by atoms with Crippen LogP contribution in [0.3, 0.4) is 0 Å². The standard InChI is InChI=1S/C19H30N2O4/c1-13(2)17(21-18(23)25-19(4,5)6)24-16(14(3)20-12-22)15-10-8-7-9-11-15/h7-14,16-17H,1-6H3,(H,20,22)(H,21,23)/t14-,16-,17-/m1/s1. The van der Waals surface area contributed by atoms with Crippen molar-refractivity contribution in [3.63, 3.8) is 0 Å². The van der Waals surface area contributed by atoms with E-state index in [1.165, 1.54) is 0 Å². The maximum atomic E-state index is 12.1. The highest BCUT2D eigenvalue weighted by atomic mass is 16.6. The predicted molar refractivity (Wildman–Crippen MR) is 96.9 cm³/mol. The Morgan fingerprint density at radius 1 is 1.12 bits per heavy atom. The van der Waals surface area contributed by atoms with Crippen molar-refractivity contribution in [3.8, 4) is 0 Å². The van der Waals surface area contributed by atoms with E-state index in [-0.39, 0.29) is 12.0 Å². The van der Waals surface area contributed by atoms with Gasteiger partial charge in [0, 0.05) is 0 Å². The van der Waals surface area contributed by atoms with Gasteiger partial charge in [0.25, 0.3) is 0 Å². The van der Waals surface area contributed by atoms with Crippen LogP contribution in [0.4, 0.5) is 4.79 Å². The normalized spacial score (nSPS) is 15.2. The van der Waals surface area contributed by atoms with Crippen LogP contribution in [0.1, 0.15) is 53.2 Å². The number of ether oxygens (including phenoxy) is 2. The van der Waals surface area contributed by atoms with Crippen LogP contribution in [0.5, 0.6) is 0 Å². The van der Waals surface area contributed by atoms with Gasteiger partial charge in [-0.3, -0.25) is 10.1 Å². The molecule has 0 aliphatic heterocycles. The van der Waals surface area contributed by atoms with Gasteiger partial charge in [-0.25, -0.2) is 4.79 Å². The lowest BCUT2D eigenvalue weighted by Crippen LogP contribution is -2.46. The average molecular weight is 350 g/mol. The van der Waals surface area contributed by atoms with Crippen LogP contribution >= 0.6 is 0 Å². The van der Waals surface area contributed by atoms with E-state index in [4.69, 9.17) is 9.47 Å². The van der Waals surface area contributed by atoms with Crippen LogP contribution in [0.2, 0.25) is 0 Å². The van der Waals surface area contributed by atoms with E-state index in [9.17, 15) is 9.59 Å². The molecule has 0 aliphatic carbocycles. The quantitative estimate of drug-likeness (QED) is 0.556. The highest BCUT2D eigenvalue weighted by Gasteiger charge is 2.28. The van der Waals surface area contributed by atoms with Crippen molar-refractivity contribution in [1.29, 1.82) is 0 Å². The number of benzene rings is 1. The van der Waals surface area contributed by atoms with Gasteiger partial charge in [0.1, 0.15) is 17.9 Å². The molecule has 0 saturated carbocycles. The number of hydrogen-bond acceptors (Lipinski definition) is 4. The van der Waals surface area contributed by atoms with Gasteiger partial charge in [0.05, 0.1) is 6.04 Å². The Morgan fingerprint density at radius 2 is 1.72 bits per heavy atom. The van der Waals surface area contributed by atoms with Gasteiger partial charge >= 0.3 is 6.09 Å². The molecule has 2 N–H and O–H groups in total. The van der Waals surface area contributed by atoms with Crippen molar-refractivity contribution in [2.24, 2.45) is 5.92 Å². The number of rotatable bonds is 8. The first kappa shape index (κ1) is 21.0. The van der Waals surface area contributed by atoms with E-state index >= 15 is 0 Å². The first-order valence-electron chi connectivity index (χ1n) is 8.53. The lowest BCUT2D eigenvalue weighted by molar-refractivity contribution is -0.113. The average Bonchev–Trinajstić information content (AvgIpc) is 2.50. The lowest BCUT2D eigenvalue weighted by atomic mass is 10.0. The zero-order valence-electron chi connectivity index (χ0n) is 15.9. The highest BCUT2D eigenvalue weighted by molar-refractivity contribution is 5.67. The summed E-state index contributed by atoms with van der Waals surface area (Å²) < 4.78 is 11.5. The summed E-state index contributed by atoms with van der Waals surface area (Å²) in [6.45, 7) is 11.2. The van der Waals surface area contributed by atoms with Crippen LogP contribution in [0.25, 0.3) is 0 Å². The van der Waals surface area contributed by atoms with E-state index in [0.29, 0.717) is 6.41 Å².